The molecule has 2 heterocycles. The van der Waals surface area contributed by atoms with Crippen molar-refractivity contribution in [3.05, 3.63) is 0 Å². The van der Waals surface area contributed by atoms with Gasteiger partial charge < -0.3 is 18.9 Å². The lowest BCUT2D eigenvalue weighted by Gasteiger charge is -2.10. The lowest BCUT2D eigenvalue weighted by atomic mass is 10.4. The van der Waals surface area contributed by atoms with Gasteiger partial charge in [0.15, 0.2) is 6.29 Å². The molecule has 3 atom stereocenters. The number of epoxide rings is 2. The molecule has 12 heavy (non-hydrogen) atoms. The van der Waals surface area contributed by atoms with Crippen LogP contribution in [0.15, 0.2) is 0 Å². The van der Waals surface area contributed by atoms with Gasteiger partial charge in [0.2, 0.25) is 0 Å². The van der Waals surface area contributed by atoms with E-state index in [0.717, 1.165) is 13.2 Å². The Morgan fingerprint density at radius 2 is 2.17 bits per heavy atom. The van der Waals surface area contributed by atoms with Crippen molar-refractivity contribution in [1.29, 1.82) is 0 Å². The first-order chi connectivity index (χ1) is 5.84. The molecule has 2 aliphatic rings. The van der Waals surface area contributed by atoms with E-state index in [9.17, 15) is 0 Å². The Bertz CT molecular complexity index is 142. The first-order valence-corrected chi connectivity index (χ1v) is 4.31. The zero-order valence-electron chi connectivity index (χ0n) is 7.19. The molecule has 0 aromatic carbocycles. The molecule has 2 fully saturated rings. The Morgan fingerprint density at radius 3 is 2.75 bits per heavy atom. The summed E-state index contributed by atoms with van der Waals surface area (Å²) in [6, 6.07) is 0. The first kappa shape index (κ1) is 8.44. The van der Waals surface area contributed by atoms with Gasteiger partial charge in [-0.05, 0) is 6.92 Å². The highest BCUT2D eigenvalue weighted by atomic mass is 16.8. The second kappa shape index (κ2) is 3.70. The van der Waals surface area contributed by atoms with Crippen LogP contribution in [0.1, 0.15) is 6.92 Å². The molecule has 4 nitrogen and oxygen atoms in total. The van der Waals surface area contributed by atoms with E-state index in [1.807, 2.05) is 6.92 Å². The predicted octanol–water partition coefficient (Wildman–Crippen LogP) is 0.163. The highest BCUT2D eigenvalue weighted by molar-refractivity contribution is 4.67. The summed E-state index contributed by atoms with van der Waals surface area (Å²) < 4.78 is 20.6. The molecule has 0 amide bonds. The van der Waals surface area contributed by atoms with E-state index < -0.39 is 0 Å². The fraction of sp³-hybridized carbons (Fsp3) is 1.00. The van der Waals surface area contributed by atoms with Crippen LogP contribution in [0.25, 0.3) is 0 Å². The molecule has 0 spiro atoms. The smallest absolute Gasteiger partial charge is 0.181 e. The maximum absolute atomic E-state index is 5.38. The molecule has 0 aliphatic carbocycles. The van der Waals surface area contributed by atoms with E-state index in [-0.39, 0.29) is 12.4 Å². The van der Waals surface area contributed by atoms with E-state index >= 15 is 0 Å². The summed E-state index contributed by atoms with van der Waals surface area (Å²) in [6.07, 6.45) is 0.492. The van der Waals surface area contributed by atoms with Crippen molar-refractivity contribution in [3.8, 4) is 0 Å². The number of hydrogen-bond donors (Lipinski definition) is 0. The van der Waals surface area contributed by atoms with E-state index in [1.165, 1.54) is 0 Å². The molecule has 0 aromatic rings. The van der Waals surface area contributed by atoms with Gasteiger partial charge in [-0.25, -0.2) is 0 Å². The molecular weight excluding hydrogens is 160 g/mol. The van der Waals surface area contributed by atoms with Crippen LogP contribution in [0.3, 0.4) is 0 Å². The van der Waals surface area contributed by atoms with Crippen molar-refractivity contribution in [3.63, 3.8) is 0 Å². The van der Waals surface area contributed by atoms with Gasteiger partial charge in [0.25, 0.3) is 0 Å². The molecule has 0 saturated carbocycles. The van der Waals surface area contributed by atoms with Crippen molar-refractivity contribution in [2.24, 2.45) is 0 Å². The zero-order chi connectivity index (χ0) is 8.39. The average Bonchev–Trinajstić information content (AvgIpc) is 2.77. The van der Waals surface area contributed by atoms with E-state index in [4.69, 9.17) is 18.9 Å². The van der Waals surface area contributed by atoms with Gasteiger partial charge in [-0.2, -0.15) is 0 Å². The summed E-state index contributed by atoms with van der Waals surface area (Å²) in [6.45, 7) is 4.88. The third-order valence-corrected chi connectivity index (χ3v) is 1.75. The summed E-state index contributed by atoms with van der Waals surface area (Å²) in [5, 5.41) is 0. The Labute approximate surface area is 71.7 Å². The van der Waals surface area contributed by atoms with Gasteiger partial charge in [-0.15, -0.1) is 0 Å². The van der Waals surface area contributed by atoms with Crippen LogP contribution >= 0.6 is 0 Å². The minimum Gasteiger partial charge on any atom is -0.376 e. The molecule has 4 heteroatoms. The fourth-order valence-electron chi connectivity index (χ4n) is 0.946. The average molecular weight is 174 g/mol. The van der Waals surface area contributed by atoms with Crippen LogP contribution < -0.4 is 0 Å². The summed E-state index contributed by atoms with van der Waals surface area (Å²) in [7, 11) is 0. The Hall–Kier alpha value is -0.160. The topological polar surface area (TPSA) is 43.5 Å². The minimum absolute atomic E-state index is 0.0285. The van der Waals surface area contributed by atoms with Gasteiger partial charge in [0.1, 0.15) is 12.7 Å². The molecule has 2 saturated heterocycles. The summed E-state index contributed by atoms with van der Waals surface area (Å²) in [5.74, 6) is 0. The quantitative estimate of drug-likeness (QED) is 0.538. The first-order valence-electron chi connectivity index (χ1n) is 4.31. The lowest BCUT2D eigenvalue weighted by Crippen LogP contribution is -2.19. The number of hydrogen-bond acceptors (Lipinski definition) is 4. The maximum Gasteiger partial charge on any atom is 0.181 e. The van der Waals surface area contributed by atoms with Gasteiger partial charge in [-0.3, -0.25) is 0 Å². The highest BCUT2D eigenvalue weighted by Crippen LogP contribution is 2.14. The molecule has 0 bridgehead atoms. The van der Waals surface area contributed by atoms with Crippen molar-refractivity contribution in [2.45, 2.75) is 25.4 Å². The largest absolute Gasteiger partial charge is 0.376 e. The summed E-state index contributed by atoms with van der Waals surface area (Å²) in [5.41, 5.74) is 0. The highest BCUT2D eigenvalue weighted by Gasteiger charge is 2.26. The molecule has 2 rings (SSSR count). The Morgan fingerprint density at radius 1 is 1.42 bits per heavy atom. The standard InChI is InChI=1S/C8H14O4/c1-6(12-8-5-11-8)2-9-3-7-4-10-7/h6-8H,2-5H2,1H3. The second-order valence-corrected chi connectivity index (χ2v) is 3.20. The van der Waals surface area contributed by atoms with Gasteiger partial charge in [0, 0.05) is 0 Å². The predicted molar refractivity (Wildman–Crippen MR) is 40.8 cm³/mol. The van der Waals surface area contributed by atoms with Crippen LogP contribution in [-0.4, -0.2) is 44.9 Å². The maximum atomic E-state index is 5.38. The Kier molecular flexibility index (Phi) is 2.60. The summed E-state index contributed by atoms with van der Waals surface area (Å²) >= 11 is 0. The van der Waals surface area contributed by atoms with Crippen LogP contribution in [-0.2, 0) is 18.9 Å². The van der Waals surface area contributed by atoms with Crippen LogP contribution in [0, 0.1) is 0 Å². The molecule has 0 radical (unpaired) electrons. The zero-order valence-corrected chi connectivity index (χ0v) is 7.19. The molecular formula is C8H14O4. The normalized spacial score (nSPS) is 34.8. The number of ether oxygens (including phenoxy) is 4. The van der Waals surface area contributed by atoms with Gasteiger partial charge in [0.05, 0.1) is 25.9 Å². The summed E-state index contributed by atoms with van der Waals surface area (Å²) in [4.78, 5) is 0. The van der Waals surface area contributed by atoms with Crippen LogP contribution in [0.5, 0.6) is 0 Å². The second-order valence-electron chi connectivity index (χ2n) is 3.20. The van der Waals surface area contributed by atoms with E-state index in [2.05, 4.69) is 0 Å². The van der Waals surface area contributed by atoms with Gasteiger partial charge >= 0.3 is 0 Å². The molecule has 0 aromatic heterocycles. The van der Waals surface area contributed by atoms with Crippen LogP contribution in [0.4, 0.5) is 0 Å². The third kappa shape index (κ3) is 3.06. The molecule has 2 aliphatic heterocycles. The van der Waals surface area contributed by atoms with Gasteiger partial charge in [-0.1, -0.05) is 0 Å². The molecule has 0 N–H and O–H groups in total. The van der Waals surface area contributed by atoms with Crippen LogP contribution in [0.2, 0.25) is 0 Å². The van der Waals surface area contributed by atoms with Crippen molar-refractivity contribution >= 4 is 0 Å². The third-order valence-electron chi connectivity index (χ3n) is 1.75. The molecule has 70 valence electrons. The monoisotopic (exact) mass is 174 g/mol. The fourth-order valence-corrected chi connectivity index (χ4v) is 0.946. The Balaban J connectivity index is 1.46. The van der Waals surface area contributed by atoms with Crippen molar-refractivity contribution in [2.75, 3.05) is 26.4 Å². The van der Waals surface area contributed by atoms with Crippen molar-refractivity contribution in [1.82, 2.24) is 0 Å². The number of rotatable bonds is 6. The molecule has 3 unspecified atom stereocenters. The lowest BCUT2D eigenvalue weighted by molar-refractivity contribution is -0.0479. The van der Waals surface area contributed by atoms with E-state index in [0.29, 0.717) is 19.3 Å². The SMILES string of the molecule is CC(COCC1CO1)OC1CO1. The van der Waals surface area contributed by atoms with E-state index in [1.54, 1.807) is 0 Å². The minimum atomic E-state index is 0.0285. The van der Waals surface area contributed by atoms with Crippen molar-refractivity contribution < 1.29 is 18.9 Å².